The number of amides is 1. The second-order valence-electron chi connectivity index (χ2n) is 4.07. The minimum Gasteiger partial charge on any atom is -0.324 e. The molecule has 4 heteroatoms. The highest BCUT2D eigenvalue weighted by atomic mass is 79.9. The van der Waals surface area contributed by atoms with E-state index in [0.29, 0.717) is 10.7 Å². The Labute approximate surface area is 110 Å². The zero-order valence-corrected chi connectivity index (χ0v) is 11.9. The highest BCUT2D eigenvalue weighted by Gasteiger charge is 2.19. The van der Waals surface area contributed by atoms with E-state index in [1.807, 2.05) is 32.9 Å². The van der Waals surface area contributed by atoms with E-state index in [2.05, 4.69) is 21.2 Å². The third-order valence-corrected chi connectivity index (χ3v) is 4.09. The normalized spacial score (nSPS) is 12.6. The molecule has 1 rings (SSSR count). The van der Waals surface area contributed by atoms with Crippen LogP contribution in [0.4, 0.5) is 5.69 Å². The molecular formula is C12H15BrClNO. The summed E-state index contributed by atoms with van der Waals surface area (Å²) in [5.74, 6) is 0.175. The van der Waals surface area contributed by atoms with Crippen molar-refractivity contribution in [3.63, 3.8) is 0 Å². The topological polar surface area (TPSA) is 29.1 Å². The summed E-state index contributed by atoms with van der Waals surface area (Å²) in [5, 5.41) is 3.41. The molecule has 0 spiro atoms. The van der Waals surface area contributed by atoms with Gasteiger partial charge in [0, 0.05) is 0 Å². The maximum atomic E-state index is 11.8. The fraction of sp³-hybridized carbons (Fsp3) is 0.417. The number of anilines is 1. The summed E-state index contributed by atoms with van der Waals surface area (Å²) in [5.41, 5.74) is 1.66. The van der Waals surface area contributed by atoms with E-state index in [1.54, 1.807) is 6.07 Å². The summed E-state index contributed by atoms with van der Waals surface area (Å²) in [7, 11) is 0. The van der Waals surface area contributed by atoms with Crippen molar-refractivity contribution in [1.29, 1.82) is 0 Å². The Morgan fingerprint density at radius 2 is 2.06 bits per heavy atom. The van der Waals surface area contributed by atoms with Crippen molar-refractivity contribution in [2.75, 3.05) is 5.32 Å². The molecule has 1 N–H and O–H groups in total. The number of carbonyl (C=O) groups excluding carboxylic acids is 1. The number of benzene rings is 1. The molecule has 16 heavy (non-hydrogen) atoms. The molecule has 0 aliphatic heterocycles. The molecular weight excluding hydrogens is 289 g/mol. The number of nitrogens with one attached hydrogen (secondary N) is 1. The Kier molecular flexibility index (Phi) is 4.81. The van der Waals surface area contributed by atoms with Crippen LogP contribution in [0.1, 0.15) is 19.4 Å². The van der Waals surface area contributed by atoms with Crippen molar-refractivity contribution in [2.45, 2.75) is 25.6 Å². The van der Waals surface area contributed by atoms with Gasteiger partial charge in [-0.05, 0) is 24.5 Å². The quantitative estimate of drug-likeness (QED) is 0.840. The predicted octanol–water partition coefficient (Wildman–Crippen LogP) is 4.01. The van der Waals surface area contributed by atoms with E-state index in [1.165, 1.54) is 0 Å². The summed E-state index contributed by atoms with van der Waals surface area (Å²) in [4.78, 5) is 11.6. The third kappa shape index (κ3) is 3.22. The average Bonchev–Trinajstić information content (AvgIpc) is 2.22. The Morgan fingerprint density at radius 3 is 2.56 bits per heavy atom. The van der Waals surface area contributed by atoms with E-state index in [-0.39, 0.29) is 16.7 Å². The van der Waals surface area contributed by atoms with Crippen LogP contribution >= 0.6 is 27.5 Å². The summed E-state index contributed by atoms with van der Waals surface area (Å²) in [6, 6.07) is 5.55. The van der Waals surface area contributed by atoms with Gasteiger partial charge in [0.2, 0.25) is 5.91 Å². The molecule has 0 radical (unpaired) electrons. The van der Waals surface area contributed by atoms with E-state index in [9.17, 15) is 4.79 Å². The summed E-state index contributed by atoms with van der Waals surface area (Å²) in [6.45, 7) is 5.89. The fourth-order valence-electron chi connectivity index (χ4n) is 1.29. The van der Waals surface area contributed by atoms with Gasteiger partial charge in [-0.3, -0.25) is 4.79 Å². The maximum absolute atomic E-state index is 11.8. The summed E-state index contributed by atoms with van der Waals surface area (Å²) >= 11 is 9.39. The lowest BCUT2D eigenvalue weighted by Crippen LogP contribution is -2.27. The SMILES string of the molecule is Cc1cccc(Cl)c1NC(=O)C(Br)C(C)C. The van der Waals surface area contributed by atoms with Crippen LogP contribution in [0, 0.1) is 12.8 Å². The van der Waals surface area contributed by atoms with Gasteiger partial charge in [0.15, 0.2) is 0 Å². The Morgan fingerprint density at radius 1 is 1.44 bits per heavy atom. The molecule has 0 saturated carbocycles. The maximum Gasteiger partial charge on any atom is 0.238 e. The fourth-order valence-corrected chi connectivity index (χ4v) is 1.67. The first-order valence-electron chi connectivity index (χ1n) is 5.13. The Balaban J connectivity index is 2.85. The van der Waals surface area contributed by atoms with Crippen LogP contribution in [0.15, 0.2) is 18.2 Å². The van der Waals surface area contributed by atoms with Gasteiger partial charge in [-0.25, -0.2) is 0 Å². The zero-order valence-electron chi connectivity index (χ0n) is 9.55. The molecule has 2 nitrogen and oxygen atoms in total. The predicted molar refractivity (Wildman–Crippen MR) is 72.4 cm³/mol. The molecule has 1 aromatic carbocycles. The number of carbonyl (C=O) groups is 1. The van der Waals surface area contributed by atoms with Crippen LogP contribution < -0.4 is 5.32 Å². The number of hydrogen-bond acceptors (Lipinski definition) is 1. The molecule has 0 aromatic heterocycles. The number of aryl methyl sites for hydroxylation is 1. The lowest BCUT2D eigenvalue weighted by Gasteiger charge is -2.15. The van der Waals surface area contributed by atoms with Gasteiger partial charge in [-0.1, -0.05) is 53.5 Å². The van der Waals surface area contributed by atoms with Gasteiger partial charge >= 0.3 is 0 Å². The van der Waals surface area contributed by atoms with Gasteiger partial charge in [-0.15, -0.1) is 0 Å². The summed E-state index contributed by atoms with van der Waals surface area (Å²) < 4.78 is 0. The second kappa shape index (κ2) is 5.69. The van der Waals surface area contributed by atoms with Crippen molar-refractivity contribution in [3.05, 3.63) is 28.8 Å². The molecule has 0 heterocycles. The minimum absolute atomic E-state index is 0.0637. The van der Waals surface area contributed by atoms with Crippen LogP contribution in [-0.4, -0.2) is 10.7 Å². The van der Waals surface area contributed by atoms with E-state index in [0.717, 1.165) is 5.56 Å². The lowest BCUT2D eigenvalue weighted by atomic mass is 10.1. The highest BCUT2D eigenvalue weighted by Crippen LogP contribution is 2.26. The van der Waals surface area contributed by atoms with E-state index < -0.39 is 0 Å². The molecule has 0 saturated heterocycles. The van der Waals surface area contributed by atoms with Crippen molar-refractivity contribution in [3.8, 4) is 0 Å². The first kappa shape index (κ1) is 13.5. The Bertz CT molecular complexity index is 372. The molecule has 1 aromatic rings. The van der Waals surface area contributed by atoms with Crippen LogP contribution in [0.25, 0.3) is 0 Å². The zero-order chi connectivity index (χ0) is 12.3. The van der Waals surface area contributed by atoms with Crippen molar-refractivity contribution in [2.24, 2.45) is 5.92 Å². The van der Waals surface area contributed by atoms with Gasteiger partial charge in [0.1, 0.15) is 0 Å². The molecule has 1 atom stereocenters. The number of halogens is 2. The smallest absolute Gasteiger partial charge is 0.238 e. The van der Waals surface area contributed by atoms with Crippen molar-refractivity contribution in [1.82, 2.24) is 0 Å². The van der Waals surface area contributed by atoms with Crippen molar-refractivity contribution < 1.29 is 4.79 Å². The lowest BCUT2D eigenvalue weighted by molar-refractivity contribution is -0.116. The third-order valence-electron chi connectivity index (χ3n) is 2.31. The first-order valence-corrected chi connectivity index (χ1v) is 6.43. The molecule has 0 bridgehead atoms. The monoisotopic (exact) mass is 303 g/mol. The molecule has 1 unspecified atom stereocenters. The number of alkyl halides is 1. The van der Waals surface area contributed by atoms with Crippen LogP contribution in [0.2, 0.25) is 5.02 Å². The van der Waals surface area contributed by atoms with Gasteiger partial charge in [0.05, 0.1) is 15.5 Å². The van der Waals surface area contributed by atoms with Gasteiger partial charge in [-0.2, -0.15) is 0 Å². The average molecular weight is 305 g/mol. The highest BCUT2D eigenvalue weighted by molar-refractivity contribution is 9.10. The number of para-hydroxylation sites is 1. The second-order valence-corrected chi connectivity index (χ2v) is 5.46. The molecule has 0 aliphatic carbocycles. The van der Waals surface area contributed by atoms with Crippen LogP contribution in [0.5, 0.6) is 0 Å². The largest absolute Gasteiger partial charge is 0.324 e. The van der Waals surface area contributed by atoms with Gasteiger partial charge in [0.25, 0.3) is 0 Å². The van der Waals surface area contributed by atoms with Gasteiger partial charge < -0.3 is 5.32 Å². The van der Waals surface area contributed by atoms with E-state index in [4.69, 9.17) is 11.6 Å². The van der Waals surface area contributed by atoms with Crippen molar-refractivity contribution >= 4 is 39.1 Å². The number of rotatable bonds is 3. The molecule has 1 amide bonds. The summed E-state index contributed by atoms with van der Waals surface area (Å²) in [6.07, 6.45) is 0. The first-order chi connectivity index (χ1) is 7.43. The van der Waals surface area contributed by atoms with Crippen LogP contribution in [0.3, 0.4) is 0 Å². The van der Waals surface area contributed by atoms with E-state index >= 15 is 0 Å². The molecule has 88 valence electrons. The number of hydrogen-bond donors (Lipinski definition) is 1. The molecule has 0 aliphatic rings. The van der Waals surface area contributed by atoms with Crippen LogP contribution in [-0.2, 0) is 4.79 Å². The standard InChI is InChI=1S/C12H15BrClNO/c1-7(2)10(13)12(16)15-11-8(3)5-4-6-9(11)14/h4-7,10H,1-3H3,(H,15,16). The Hall–Kier alpha value is -0.540. The molecule has 0 fully saturated rings. The minimum atomic E-state index is -0.205.